The number of nitrogens with zero attached hydrogens (tertiary/aromatic N) is 4. The summed E-state index contributed by atoms with van der Waals surface area (Å²) in [5.41, 5.74) is 2.27. The van der Waals surface area contributed by atoms with Crippen molar-refractivity contribution in [3.05, 3.63) is 52.9 Å². The maximum atomic E-state index is 12.7. The molecule has 1 aromatic carbocycles. The van der Waals surface area contributed by atoms with Crippen molar-refractivity contribution in [3.63, 3.8) is 0 Å². The third kappa shape index (κ3) is 2.75. The van der Waals surface area contributed by atoms with E-state index in [1.54, 1.807) is 6.20 Å². The number of likely N-dealkylation sites (tertiary alicyclic amines) is 1. The summed E-state index contributed by atoms with van der Waals surface area (Å²) in [6, 6.07) is 8.50. The van der Waals surface area contributed by atoms with Gasteiger partial charge in [0.05, 0.1) is 23.1 Å². The highest BCUT2D eigenvalue weighted by atomic mass is 79.9. The first kappa shape index (κ1) is 15.4. The molecule has 1 aliphatic rings. The lowest BCUT2D eigenvalue weighted by Gasteiger charge is -2.16. The van der Waals surface area contributed by atoms with Crippen LogP contribution in [-0.2, 0) is 18.3 Å². The molecular weight excluding hydrogens is 368 g/mol. The van der Waals surface area contributed by atoms with Crippen molar-refractivity contribution >= 4 is 32.7 Å². The zero-order valence-electron chi connectivity index (χ0n) is 13.5. The number of hydrogen-bond acceptors (Lipinski definition) is 2. The summed E-state index contributed by atoms with van der Waals surface area (Å²) in [7, 11) is 2.03. The summed E-state index contributed by atoms with van der Waals surface area (Å²) in [5.74, 6) is 0.195. The van der Waals surface area contributed by atoms with Gasteiger partial charge < -0.3 is 9.47 Å². The summed E-state index contributed by atoms with van der Waals surface area (Å²) >= 11 is 3.43. The number of hydrogen-bond donors (Lipinski definition) is 0. The Morgan fingerprint density at radius 2 is 2.17 bits per heavy atom. The lowest BCUT2D eigenvalue weighted by molar-refractivity contribution is -0.129. The molecule has 0 saturated carbocycles. The van der Waals surface area contributed by atoms with Crippen LogP contribution in [0.25, 0.3) is 10.9 Å². The van der Waals surface area contributed by atoms with E-state index in [2.05, 4.69) is 43.9 Å². The molecule has 2 aromatic heterocycles. The summed E-state index contributed by atoms with van der Waals surface area (Å²) in [6.45, 7) is 1.53. The fourth-order valence-electron chi connectivity index (χ4n) is 3.54. The molecule has 0 spiro atoms. The van der Waals surface area contributed by atoms with Gasteiger partial charge in [-0.25, -0.2) is 0 Å². The predicted molar refractivity (Wildman–Crippen MR) is 96.8 cm³/mol. The van der Waals surface area contributed by atoms with Gasteiger partial charge in [0.15, 0.2) is 0 Å². The van der Waals surface area contributed by atoms with Crippen LogP contribution in [0.3, 0.4) is 0 Å². The average molecular weight is 387 g/mol. The van der Waals surface area contributed by atoms with Gasteiger partial charge in [0.25, 0.3) is 0 Å². The average Bonchev–Trinajstić information content (AvgIpc) is 3.28. The molecule has 24 heavy (non-hydrogen) atoms. The lowest BCUT2D eigenvalue weighted by atomic mass is 10.1. The first-order valence-corrected chi connectivity index (χ1v) is 8.91. The Hall–Kier alpha value is -2.08. The van der Waals surface area contributed by atoms with Gasteiger partial charge in [0.2, 0.25) is 5.91 Å². The number of aromatic nitrogens is 3. The molecule has 3 aromatic rings. The molecule has 1 unspecified atom stereocenters. The minimum Gasteiger partial charge on any atom is -0.350 e. The number of carbonyl (C=O) groups excluding carboxylic acids is 1. The largest absolute Gasteiger partial charge is 0.350 e. The van der Waals surface area contributed by atoms with E-state index in [0.29, 0.717) is 6.42 Å². The van der Waals surface area contributed by atoms with Crippen LogP contribution in [0, 0.1) is 0 Å². The molecule has 4 rings (SSSR count). The molecule has 5 nitrogen and oxygen atoms in total. The Bertz CT molecular complexity index is 897. The topological polar surface area (TPSA) is 43.1 Å². The molecule has 0 aliphatic carbocycles. The van der Waals surface area contributed by atoms with E-state index in [0.717, 1.165) is 29.5 Å². The maximum Gasteiger partial charge on any atom is 0.227 e. The first-order chi connectivity index (χ1) is 11.6. The summed E-state index contributed by atoms with van der Waals surface area (Å²) < 4.78 is 5.02. The van der Waals surface area contributed by atoms with Gasteiger partial charge in [-0.3, -0.25) is 9.48 Å². The van der Waals surface area contributed by atoms with E-state index in [1.165, 1.54) is 10.9 Å². The standard InChI is InChI=1S/C18H19BrN4O/c1-21-10-13(16-4-2-3-5-17(16)21)8-18(24)22-7-6-15(12-22)23-11-14(19)9-20-23/h2-5,9-11,15H,6-8,12H2,1H3. The number of rotatable bonds is 3. The highest BCUT2D eigenvalue weighted by Gasteiger charge is 2.28. The number of carbonyl (C=O) groups is 1. The molecular formula is C18H19BrN4O. The van der Waals surface area contributed by atoms with Crippen LogP contribution in [0.4, 0.5) is 0 Å². The Kier molecular flexibility index (Phi) is 3.92. The smallest absolute Gasteiger partial charge is 0.227 e. The van der Waals surface area contributed by atoms with Crippen LogP contribution < -0.4 is 0 Å². The summed E-state index contributed by atoms with van der Waals surface area (Å²) in [4.78, 5) is 14.7. The van der Waals surface area contributed by atoms with Gasteiger partial charge in [-0.2, -0.15) is 5.10 Å². The molecule has 1 amide bonds. The first-order valence-electron chi connectivity index (χ1n) is 8.12. The normalized spacial score (nSPS) is 17.8. The van der Waals surface area contributed by atoms with Crippen LogP contribution >= 0.6 is 15.9 Å². The SMILES string of the molecule is Cn1cc(CC(=O)N2CCC(n3cc(Br)cn3)C2)c2ccccc21. The van der Waals surface area contributed by atoms with Crippen LogP contribution in [0.2, 0.25) is 0 Å². The molecule has 0 radical (unpaired) electrons. The molecule has 1 fully saturated rings. The zero-order valence-corrected chi connectivity index (χ0v) is 15.1. The van der Waals surface area contributed by atoms with Crippen molar-refractivity contribution in [2.24, 2.45) is 7.05 Å². The molecule has 1 saturated heterocycles. The minimum absolute atomic E-state index is 0.195. The number of benzene rings is 1. The third-order valence-electron chi connectivity index (χ3n) is 4.78. The second-order valence-electron chi connectivity index (χ2n) is 6.38. The van der Waals surface area contributed by atoms with Crippen LogP contribution in [-0.4, -0.2) is 38.2 Å². The molecule has 1 aliphatic heterocycles. The van der Waals surface area contributed by atoms with Gasteiger partial charge in [-0.05, 0) is 34.0 Å². The predicted octanol–water partition coefficient (Wildman–Crippen LogP) is 3.15. The Balaban J connectivity index is 1.48. The van der Waals surface area contributed by atoms with Crippen molar-refractivity contribution in [3.8, 4) is 0 Å². The number of halogens is 1. The minimum atomic E-state index is 0.195. The number of amides is 1. The maximum absolute atomic E-state index is 12.7. The molecule has 6 heteroatoms. The second kappa shape index (κ2) is 6.09. The van der Waals surface area contributed by atoms with Crippen molar-refractivity contribution in [2.45, 2.75) is 18.9 Å². The van der Waals surface area contributed by atoms with Crippen LogP contribution in [0.15, 0.2) is 47.3 Å². The van der Waals surface area contributed by atoms with Gasteiger partial charge in [0.1, 0.15) is 0 Å². The Morgan fingerprint density at radius 3 is 2.96 bits per heavy atom. The van der Waals surface area contributed by atoms with Gasteiger partial charge >= 0.3 is 0 Å². The summed E-state index contributed by atoms with van der Waals surface area (Å²) in [5, 5.41) is 5.52. The fourth-order valence-corrected chi connectivity index (χ4v) is 3.84. The van der Waals surface area contributed by atoms with Crippen molar-refractivity contribution in [1.82, 2.24) is 19.2 Å². The molecule has 3 heterocycles. The van der Waals surface area contributed by atoms with Gasteiger partial charge in [0, 0.05) is 43.4 Å². The van der Waals surface area contributed by atoms with E-state index in [4.69, 9.17) is 0 Å². The number of aryl methyl sites for hydroxylation is 1. The molecule has 0 N–H and O–H groups in total. The highest BCUT2D eigenvalue weighted by molar-refractivity contribution is 9.10. The number of fused-ring (bicyclic) bond motifs is 1. The fraction of sp³-hybridized carbons (Fsp3) is 0.333. The van der Waals surface area contributed by atoms with E-state index in [1.807, 2.05) is 35.0 Å². The Labute approximate surface area is 149 Å². The van der Waals surface area contributed by atoms with Gasteiger partial charge in [-0.1, -0.05) is 18.2 Å². The van der Waals surface area contributed by atoms with Gasteiger partial charge in [-0.15, -0.1) is 0 Å². The van der Waals surface area contributed by atoms with Crippen molar-refractivity contribution < 1.29 is 4.79 Å². The van der Waals surface area contributed by atoms with E-state index < -0.39 is 0 Å². The monoisotopic (exact) mass is 386 g/mol. The lowest BCUT2D eigenvalue weighted by Crippen LogP contribution is -2.30. The highest BCUT2D eigenvalue weighted by Crippen LogP contribution is 2.25. The Morgan fingerprint density at radius 1 is 1.33 bits per heavy atom. The van der Waals surface area contributed by atoms with E-state index >= 15 is 0 Å². The van der Waals surface area contributed by atoms with Crippen molar-refractivity contribution in [1.29, 1.82) is 0 Å². The van der Waals surface area contributed by atoms with Crippen LogP contribution in [0.5, 0.6) is 0 Å². The molecule has 0 bridgehead atoms. The number of para-hydroxylation sites is 1. The summed E-state index contributed by atoms with van der Waals surface area (Å²) in [6.07, 6.45) is 7.25. The molecule has 124 valence electrons. The van der Waals surface area contributed by atoms with Crippen molar-refractivity contribution in [2.75, 3.05) is 13.1 Å². The van der Waals surface area contributed by atoms with E-state index in [9.17, 15) is 4.79 Å². The van der Waals surface area contributed by atoms with Crippen LogP contribution in [0.1, 0.15) is 18.0 Å². The second-order valence-corrected chi connectivity index (χ2v) is 7.30. The molecule has 1 atom stereocenters. The quantitative estimate of drug-likeness (QED) is 0.693. The zero-order chi connectivity index (χ0) is 16.7. The third-order valence-corrected chi connectivity index (χ3v) is 5.19. The van der Waals surface area contributed by atoms with E-state index in [-0.39, 0.29) is 11.9 Å².